The number of benzene rings is 2. The van der Waals surface area contributed by atoms with Gasteiger partial charge in [-0.3, -0.25) is 9.59 Å². The van der Waals surface area contributed by atoms with E-state index in [0.29, 0.717) is 0 Å². The van der Waals surface area contributed by atoms with Gasteiger partial charge in [-0.1, -0.05) is 60.7 Å². The van der Waals surface area contributed by atoms with Crippen molar-refractivity contribution in [3.63, 3.8) is 0 Å². The molecule has 2 N–H and O–H groups in total. The zero-order chi connectivity index (χ0) is 25.8. The second kappa shape index (κ2) is 13.3. The van der Waals surface area contributed by atoms with E-state index in [-0.39, 0.29) is 31.5 Å². The number of ketones is 1. The van der Waals surface area contributed by atoms with Crippen LogP contribution in [0.15, 0.2) is 60.7 Å². The molecule has 0 aliphatic carbocycles. The van der Waals surface area contributed by atoms with Crippen molar-refractivity contribution in [1.82, 2.24) is 10.6 Å². The van der Waals surface area contributed by atoms with Crippen LogP contribution < -0.4 is 10.6 Å². The number of methoxy groups -OCH3 is 1. The van der Waals surface area contributed by atoms with E-state index in [1.165, 1.54) is 7.11 Å². The average Bonchev–Trinajstić information content (AvgIpc) is 2.81. The van der Waals surface area contributed by atoms with Crippen LogP contribution in [0.25, 0.3) is 0 Å². The third-order valence-electron chi connectivity index (χ3n) is 5.06. The first-order valence-corrected chi connectivity index (χ1v) is 11.5. The summed E-state index contributed by atoms with van der Waals surface area (Å²) in [6.45, 7) is 5.20. The van der Waals surface area contributed by atoms with Crippen molar-refractivity contribution in [1.29, 1.82) is 0 Å². The van der Waals surface area contributed by atoms with Crippen molar-refractivity contribution in [3.05, 3.63) is 71.8 Å². The van der Waals surface area contributed by atoms with E-state index in [2.05, 4.69) is 10.6 Å². The van der Waals surface area contributed by atoms with E-state index in [9.17, 15) is 19.2 Å². The normalized spacial score (nSPS) is 12.7. The number of rotatable bonds is 11. The van der Waals surface area contributed by atoms with Crippen LogP contribution in [0.2, 0.25) is 0 Å². The molecule has 188 valence electrons. The van der Waals surface area contributed by atoms with Crippen LogP contribution >= 0.6 is 0 Å². The molecule has 0 heterocycles. The van der Waals surface area contributed by atoms with Gasteiger partial charge in [-0.2, -0.15) is 0 Å². The number of alkyl carbamates (subject to hydrolysis) is 1. The zero-order valence-electron chi connectivity index (χ0n) is 20.7. The fourth-order valence-corrected chi connectivity index (χ4v) is 3.41. The maximum atomic E-state index is 13.0. The first-order valence-electron chi connectivity index (χ1n) is 11.5. The molecule has 0 saturated carbocycles. The fraction of sp³-hybridized carbons (Fsp3) is 0.407. The highest BCUT2D eigenvalue weighted by Gasteiger charge is 2.26. The smallest absolute Gasteiger partial charge is 0.408 e. The number of amides is 2. The maximum Gasteiger partial charge on any atom is 0.408 e. The Morgan fingerprint density at radius 3 is 1.77 bits per heavy atom. The molecule has 2 aromatic rings. The van der Waals surface area contributed by atoms with Crippen LogP contribution in [-0.4, -0.2) is 48.5 Å². The molecule has 0 aromatic heterocycles. The number of esters is 1. The number of hydrogen-bond donors (Lipinski definition) is 2. The van der Waals surface area contributed by atoms with E-state index in [4.69, 9.17) is 9.47 Å². The molecule has 2 amide bonds. The van der Waals surface area contributed by atoms with Gasteiger partial charge in [0.2, 0.25) is 5.91 Å². The average molecular weight is 483 g/mol. The fourth-order valence-electron chi connectivity index (χ4n) is 3.41. The Labute approximate surface area is 206 Å². The summed E-state index contributed by atoms with van der Waals surface area (Å²) < 4.78 is 10.1. The Kier molecular flexibility index (Phi) is 10.5. The molecule has 0 bridgehead atoms. The first kappa shape index (κ1) is 27.6. The van der Waals surface area contributed by atoms with Crippen molar-refractivity contribution in [2.45, 2.75) is 64.1 Å². The van der Waals surface area contributed by atoms with Gasteiger partial charge in [0.05, 0.1) is 13.2 Å². The highest BCUT2D eigenvalue weighted by molar-refractivity contribution is 5.91. The van der Waals surface area contributed by atoms with E-state index >= 15 is 0 Å². The lowest BCUT2D eigenvalue weighted by Crippen LogP contribution is -2.46. The summed E-state index contributed by atoms with van der Waals surface area (Å²) in [6.07, 6.45) is -0.422. The largest absolute Gasteiger partial charge is 0.467 e. The third kappa shape index (κ3) is 10.4. The van der Waals surface area contributed by atoms with Crippen LogP contribution in [0.5, 0.6) is 0 Å². The van der Waals surface area contributed by atoms with Gasteiger partial charge >= 0.3 is 12.1 Å². The minimum atomic E-state index is -0.870. The monoisotopic (exact) mass is 482 g/mol. The van der Waals surface area contributed by atoms with Gasteiger partial charge in [0.1, 0.15) is 11.6 Å². The Morgan fingerprint density at radius 1 is 0.771 bits per heavy atom. The Morgan fingerprint density at radius 2 is 1.29 bits per heavy atom. The van der Waals surface area contributed by atoms with Gasteiger partial charge in [0.15, 0.2) is 5.78 Å². The molecule has 0 spiro atoms. The summed E-state index contributed by atoms with van der Waals surface area (Å²) in [5.74, 6) is -1.34. The van der Waals surface area contributed by atoms with E-state index in [1.54, 1.807) is 20.8 Å². The molecule has 8 heteroatoms. The van der Waals surface area contributed by atoms with Gasteiger partial charge in [0, 0.05) is 19.3 Å². The molecule has 2 atom stereocenters. The molecule has 0 aliphatic rings. The number of ether oxygens (including phenoxy) is 2. The number of carbonyl (C=O) groups is 4. The minimum Gasteiger partial charge on any atom is -0.467 e. The van der Waals surface area contributed by atoms with Gasteiger partial charge in [-0.15, -0.1) is 0 Å². The summed E-state index contributed by atoms with van der Waals surface area (Å²) in [4.78, 5) is 50.0. The van der Waals surface area contributed by atoms with Crippen LogP contribution in [0, 0.1) is 0 Å². The molecule has 0 saturated heterocycles. The summed E-state index contributed by atoms with van der Waals surface area (Å²) in [5.41, 5.74) is 1.01. The van der Waals surface area contributed by atoms with E-state index in [0.717, 1.165) is 11.1 Å². The SMILES string of the molecule is COC(=O)C(Cc1ccccc1)NC(=O)CCC(=O)[C@H](Cc1ccccc1)NC(=O)OC(C)(C)C. The van der Waals surface area contributed by atoms with Crippen molar-refractivity contribution < 1.29 is 28.7 Å². The lowest BCUT2D eigenvalue weighted by Gasteiger charge is -2.23. The molecule has 2 rings (SSSR count). The molecule has 0 aliphatic heterocycles. The standard InChI is InChI=1S/C27H34N2O6/c1-27(2,3)35-26(33)29-21(17-19-11-7-5-8-12-19)23(30)15-16-24(31)28-22(25(32)34-4)18-20-13-9-6-10-14-20/h5-14,21-22H,15-18H2,1-4H3,(H,28,31)(H,29,33)/t21-,22?/m0/s1. The van der Waals surface area contributed by atoms with Crippen LogP contribution in [0.3, 0.4) is 0 Å². The van der Waals surface area contributed by atoms with Crippen LogP contribution in [0.4, 0.5) is 4.79 Å². The predicted octanol–water partition coefficient (Wildman–Crippen LogP) is 3.37. The summed E-state index contributed by atoms with van der Waals surface area (Å²) in [5, 5.41) is 5.28. The van der Waals surface area contributed by atoms with Crippen molar-refractivity contribution in [3.8, 4) is 0 Å². The molecule has 0 radical (unpaired) electrons. The lowest BCUT2D eigenvalue weighted by molar-refractivity contribution is -0.145. The second-order valence-corrected chi connectivity index (χ2v) is 9.19. The molecule has 8 nitrogen and oxygen atoms in total. The predicted molar refractivity (Wildman–Crippen MR) is 132 cm³/mol. The summed E-state index contributed by atoms with van der Waals surface area (Å²) in [7, 11) is 1.26. The Bertz CT molecular complexity index is 986. The van der Waals surface area contributed by atoms with Crippen molar-refractivity contribution in [2.24, 2.45) is 0 Å². The highest BCUT2D eigenvalue weighted by Crippen LogP contribution is 2.11. The molecule has 35 heavy (non-hydrogen) atoms. The Balaban J connectivity index is 2.01. The van der Waals surface area contributed by atoms with Crippen LogP contribution in [-0.2, 0) is 36.7 Å². The maximum absolute atomic E-state index is 13.0. The number of nitrogens with one attached hydrogen (secondary N) is 2. The lowest BCUT2D eigenvalue weighted by atomic mass is 9.99. The first-order chi connectivity index (χ1) is 16.6. The van der Waals surface area contributed by atoms with Crippen molar-refractivity contribution in [2.75, 3.05) is 7.11 Å². The number of Topliss-reactive ketones (excluding diaryl/α,β-unsaturated/α-hetero) is 1. The van der Waals surface area contributed by atoms with Gasteiger partial charge < -0.3 is 20.1 Å². The van der Waals surface area contributed by atoms with Gasteiger partial charge in [-0.25, -0.2) is 9.59 Å². The topological polar surface area (TPSA) is 111 Å². The molecule has 1 unspecified atom stereocenters. The van der Waals surface area contributed by atoms with Crippen LogP contribution in [0.1, 0.15) is 44.7 Å². The molecule has 0 fully saturated rings. The highest BCUT2D eigenvalue weighted by atomic mass is 16.6. The third-order valence-corrected chi connectivity index (χ3v) is 5.06. The van der Waals surface area contributed by atoms with Crippen molar-refractivity contribution >= 4 is 23.8 Å². The quantitative estimate of drug-likeness (QED) is 0.475. The van der Waals surface area contributed by atoms with Gasteiger partial charge in [0.25, 0.3) is 0 Å². The molecular weight excluding hydrogens is 448 g/mol. The van der Waals surface area contributed by atoms with E-state index < -0.39 is 35.7 Å². The minimum absolute atomic E-state index is 0.113. The number of carbonyl (C=O) groups excluding carboxylic acids is 4. The molecule has 2 aromatic carbocycles. The zero-order valence-corrected chi connectivity index (χ0v) is 20.7. The molecular formula is C27H34N2O6. The number of hydrogen-bond acceptors (Lipinski definition) is 6. The van der Waals surface area contributed by atoms with Gasteiger partial charge in [-0.05, 0) is 38.3 Å². The summed E-state index contributed by atoms with van der Waals surface area (Å²) in [6, 6.07) is 16.8. The Hall–Kier alpha value is -3.68. The summed E-state index contributed by atoms with van der Waals surface area (Å²) >= 11 is 0. The second-order valence-electron chi connectivity index (χ2n) is 9.19. The van der Waals surface area contributed by atoms with E-state index in [1.807, 2.05) is 60.7 Å².